The molecule has 1 aromatic rings. The average Bonchev–Trinajstić information content (AvgIpc) is 2.82. The number of piperidine rings is 1. The topological polar surface area (TPSA) is 45.2 Å². The molecule has 0 radical (unpaired) electrons. The third-order valence-corrected chi connectivity index (χ3v) is 3.83. The molecule has 0 bridgehead atoms. The fourth-order valence-corrected chi connectivity index (χ4v) is 2.88. The van der Waals surface area contributed by atoms with Crippen LogP contribution in [0.25, 0.3) is 0 Å². The standard InChI is InChI=1S/C13H16FN3O/c14-10-3-4-11(16-6-10)13(18)17-7-9-2-1-5-15-12(9)8-17/h3-4,6,9,12,15H,1-2,5,7-8H2. The van der Waals surface area contributed by atoms with E-state index in [1.807, 2.05) is 4.90 Å². The van der Waals surface area contributed by atoms with E-state index < -0.39 is 5.82 Å². The number of likely N-dealkylation sites (tertiary alicyclic amines) is 1. The van der Waals surface area contributed by atoms with Crippen LogP contribution in [0, 0.1) is 11.7 Å². The summed E-state index contributed by atoms with van der Waals surface area (Å²) in [5.41, 5.74) is 0.329. The first kappa shape index (κ1) is 11.6. The third-order valence-electron chi connectivity index (χ3n) is 3.83. The first-order valence-corrected chi connectivity index (χ1v) is 6.38. The van der Waals surface area contributed by atoms with Crippen LogP contribution in [0.4, 0.5) is 4.39 Å². The van der Waals surface area contributed by atoms with Crippen molar-refractivity contribution in [3.63, 3.8) is 0 Å². The molecule has 0 spiro atoms. The van der Waals surface area contributed by atoms with Gasteiger partial charge in [0.25, 0.3) is 5.91 Å². The minimum absolute atomic E-state index is 0.0915. The zero-order valence-electron chi connectivity index (χ0n) is 10.1. The first-order valence-electron chi connectivity index (χ1n) is 6.38. The molecule has 0 aliphatic carbocycles. The summed E-state index contributed by atoms with van der Waals surface area (Å²) in [5, 5.41) is 3.45. The molecular weight excluding hydrogens is 233 g/mol. The van der Waals surface area contributed by atoms with Gasteiger partial charge in [0.1, 0.15) is 11.5 Å². The smallest absolute Gasteiger partial charge is 0.272 e. The van der Waals surface area contributed by atoms with Crippen molar-refractivity contribution in [2.45, 2.75) is 18.9 Å². The molecule has 1 aromatic heterocycles. The summed E-state index contributed by atoms with van der Waals surface area (Å²) < 4.78 is 12.8. The molecule has 0 saturated carbocycles. The molecule has 5 heteroatoms. The van der Waals surface area contributed by atoms with Gasteiger partial charge < -0.3 is 10.2 Å². The highest BCUT2D eigenvalue weighted by atomic mass is 19.1. The maximum absolute atomic E-state index is 12.8. The maximum atomic E-state index is 12.8. The number of halogens is 1. The van der Waals surface area contributed by atoms with Crippen LogP contribution in [0.2, 0.25) is 0 Å². The third kappa shape index (κ3) is 2.10. The number of nitrogens with zero attached hydrogens (tertiary/aromatic N) is 2. The minimum Gasteiger partial charge on any atom is -0.335 e. The van der Waals surface area contributed by atoms with Crippen LogP contribution >= 0.6 is 0 Å². The first-order chi connectivity index (χ1) is 8.74. The van der Waals surface area contributed by atoms with Gasteiger partial charge in [0.2, 0.25) is 0 Å². The number of nitrogens with one attached hydrogen (secondary N) is 1. The second kappa shape index (κ2) is 4.65. The molecule has 0 aromatic carbocycles. The molecule has 2 fully saturated rings. The molecule has 1 amide bonds. The van der Waals surface area contributed by atoms with E-state index in [9.17, 15) is 9.18 Å². The summed E-state index contributed by atoms with van der Waals surface area (Å²) in [5.74, 6) is 0.0534. The molecule has 2 unspecified atom stereocenters. The Morgan fingerprint density at radius 1 is 1.44 bits per heavy atom. The largest absolute Gasteiger partial charge is 0.335 e. The van der Waals surface area contributed by atoms with E-state index in [1.54, 1.807) is 0 Å². The van der Waals surface area contributed by atoms with Crippen LogP contribution in [0.15, 0.2) is 18.3 Å². The monoisotopic (exact) mass is 249 g/mol. The Morgan fingerprint density at radius 2 is 2.33 bits per heavy atom. The highest BCUT2D eigenvalue weighted by molar-refractivity contribution is 5.92. The van der Waals surface area contributed by atoms with Gasteiger partial charge >= 0.3 is 0 Å². The van der Waals surface area contributed by atoms with Crippen LogP contribution in [0.1, 0.15) is 23.3 Å². The van der Waals surface area contributed by atoms with Crippen LogP contribution < -0.4 is 5.32 Å². The predicted octanol–water partition coefficient (Wildman–Crippen LogP) is 1.04. The van der Waals surface area contributed by atoms with Crippen molar-refractivity contribution in [1.29, 1.82) is 0 Å². The van der Waals surface area contributed by atoms with Gasteiger partial charge in [-0.25, -0.2) is 9.37 Å². The lowest BCUT2D eigenvalue weighted by molar-refractivity contribution is 0.0779. The summed E-state index contributed by atoms with van der Waals surface area (Å²) in [6.07, 6.45) is 3.45. The van der Waals surface area contributed by atoms with E-state index in [4.69, 9.17) is 0 Å². The van der Waals surface area contributed by atoms with E-state index in [-0.39, 0.29) is 5.91 Å². The van der Waals surface area contributed by atoms with Gasteiger partial charge in [-0.15, -0.1) is 0 Å². The molecular formula is C13H16FN3O. The fraction of sp³-hybridized carbons (Fsp3) is 0.538. The lowest BCUT2D eigenvalue weighted by Gasteiger charge is -2.24. The Kier molecular flexibility index (Phi) is 2.99. The van der Waals surface area contributed by atoms with Crippen LogP contribution in [-0.4, -0.2) is 41.5 Å². The van der Waals surface area contributed by atoms with Crippen molar-refractivity contribution < 1.29 is 9.18 Å². The van der Waals surface area contributed by atoms with E-state index in [2.05, 4.69) is 10.3 Å². The maximum Gasteiger partial charge on any atom is 0.272 e. The van der Waals surface area contributed by atoms with Crippen molar-refractivity contribution in [3.8, 4) is 0 Å². The number of hydrogen-bond donors (Lipinski definition) is 1. The lowest BCUT2D eigenvalue weighted by atomic mass is 9.94. The summed E-state index contributed by atoms with van der Waals surface area (Å²) in [4.78, 5) is 17.9. The molecule has 96 valence electrons. The summed E-state index contributed by atoms with van der Waals surface area (Å²) in [7, 11) is 0. The van der Waals surface area contributed by atoms with Crippen molar-refractivity contribution in [1.82, 2.24) is 15.2 Å². The van der Waals surface area contributed by atoms with E-state index >= 15 is 0 Å². The van der Waals surface area contributed by atoms with Crippen molar-refractivity contribution >= 4 is 5.91 Å². The van der Waals surface area contributed by atoms with E-state index in [1.165, 1.54) is 25.0 Å². The SMILES string of the molecule is O=C(c1ccc(F)cn1)N1CC2CCCNC2C1. The quantitative estimate of drug-likeness (QED) is 0.809. The minimum atomic E-state index is -0.414. The number of hydrogen-bond acceptors (Lipinski definition) is 3. The molecule has 1 N–H and O–H groups in total. The normalized spacial score (nSPS) is 27.1. The Hall–Kier alpha value is -1.49. The summed E-state index contributed by atoms with van der Waals surface area (Å²) in [6, 6.07) is 3.15. The van der Waals surface area contributed by atoms with E-state index in [0.29, 0.717) is 17.7 Å². The molecule has 2 aliphatic rings. The highest BCUT2D eigenvalue weighted by Gasteiger charge is 2.36. The fourth-order valence-electron chi connectivity index (χ4n) is 2.88. The van der Waals surface area contributed by atoms with Crippen molar-refractivity contribution in [2.75, 3.05) is 19.6 Å². The van der Waals surface area contributed by atoms with Crippen LogP contribution in [0.5, 0.6) is 0 Å². The molecule has 3 rings (SSSR count). The van der Waals surface area contributed by atoms with Crippen molar-refractivity contribution in [3.05, 3.63) is 29.8 Å². The van der Waals surface area contributed by atoms with Gasteiger partial charge in [0.05, 0.1) is 6.20 Å². The molecule has 4 nitrogen and oxygen atoms in total. The van der Waals surface area contributed by atoms with Gasteiger partial charge in [-0.3, -0.25) is 4.79 Å². The van der Waals surface area contributed by atoms with Gasteiger partial charge in [-0.1, -0.05) is 0 Å². The Morgan fingerprint density at radius 3 is 3.06 bits per heavy atom. The Bertz CT molecular complexity index is 434. The number of rotatable bonds is 1. The van der Waals surface area contributed by atoms with E-state index in [0.717, 1.165) is 25.8 Å². The Labute approximate surface area is 105 Å². The zero-order chi connectivity index (χ0) is 12.5. The van der Waals surface area contributed by atoms with Gasteiger partial charge in [0, 0.05) is 19.1 Å². The lowest BCUT2D eigenvalue weighted by Crippen LogP contribution is -2.41. The number of carbonyl (C=O) groups is 1. The van der Waals surface area contributed by atoms with Crippen LogP contribution in [0.3, 0.4) is 0 Å². The van der Waals surface area contributed by atoms with Gasteiger partial charge in [-0.05, 0) is 37.4 Å². The van der Waals surface area contributed by atoms with Gasteiger partial charge in [-0.2, -0.15) is 0 Å². The van der Waals surface area contributed by atoms with Crippen LogP contribution in [-0.2, 0) is 0 Å². The zero-order valence-corrected chi connectivity index (χ0v) is 10.1. The summed E-state index contributed by atoms with van der Waals surface area (Å²) >= 11 is 0. The predicted molar refractivity (Wildman–Crippen MR) is 64.6 cm³/mol. The number of aromatic nitrogens is 1. The highest BCUT2D eigenvalue weighted by Crippen LogP contribution is 2.25. The molecule has 2 aliphatic heterocycles. The van der Waals surface area contributed by atoms with Crippen molar-refractivity contribution in [2.24, 2.45) is 5.92 Å². The second-order valence-electron chi connectivity index (χ2n) is 5.03. The second-order valence-corrected chi connectivity index (χ2v) is 5.03. The number of pyridine rings is 1. The average molecular weight is 249 g/mol. The molecule has 2 atom stereocenters. The molecule has 2 saturated heterocycles. The number of carbonyl (C=O) groups excluding carboxylic acids is 1. The number of amides is 1. The van der Waals surface area contributed by atoms with Gasteiger partial charge in [0.15, 0.2) is 0 Å². The Balaban J connectivity index is 1.72. The summed E-state index contributed by atoms with van der Waals surface area (Å²) in [6.45, 7) is 2.57. The molecule has 3 heterocycles. The number of fused-ring (bicyclic) bond motifs is 1. The molecule has 18 heavy (non-hydrogen) atoms.